The molecule has 0 radical (unpaired) electrons. The van der Waals surface area contributed by atoms with Gasteiger partial charge in [-0.1, -0.05) is 6.92 Å². The average molecular weight is 254 g/mol. The predicted octanol–water partition coefficient (Wildman–Crippen LogP) is -0.210. The summed E-state index contributed by atoms with van der Waals surface area (Å²) in [5.74, 6) is 0.256. The molecular formula is C13H26N4O. The van der Waals surface area contributed by atoms with Gasteiger partial charge >= 0.3 is 0 Å². The number of piperazine rings is 1. The van der Waals surface area contributed by atoms with E-state index >= 15 is 0 Å². The van der Waals surface area contributed by atoms with E-state index in [2.05, 4.69) is 36.1 Å². The largest absolute Gasteiger partial charge is 0.327 e. The second-order valence-electron chi connectivity index (χ2n) is 5.94. The number of amides is 1. The molecule has 0 aromatic heterocycles. The molecule has 0 aliphatic carbocycles. The molecule has 104 valence electrons. The van der Waals surface area contributed by atoms with Crippen LogP contribution in [-0.4, -0.2) is 79.1 Å². The summed E-state index contributed by atoms with van der Waals surface area (Å²) in [6, 6.07) is 0.453. The van der Waals surface area contributed by atoms with Crippen molar-refractivity contribution in [2.24, 2.45) is 0 Å². The van der Waals surface area contributed by atoms with Gasteiger partial charge in [-0.15, -0.1) is 0 Å². The Morgan fingerprint density at radius 2 is 2.11 bits per heavy atom. The molecule has 1 N–H and O–H groups in total. The number of rotatable bonds is 3. The van der Waals surface area contributed by atoms with Crippen molar-refractivity contribution < 1.29 is 4.79 Å². The molecule has 0 aromatic carbocycles. The lowest BCUT2D eigenvalue weighted by atomic mass is 9.99. The second kappa shape index (κ2) is 5.15. The Morgan fingerprint density at radius 1 is 1.39 bits per heavy atom. The maximum atomic E-state index is 12.4. The lowest BCUT2D eigenvalue weighted by molar-refractivity contribution is -0.132. The van der Waals surface area contributed by atoms with Crippen LogP contribution in [0.3, 0.4) is 0 Å². The van der Waals surface area contributed by atoms with Gasteiger partial charge in [0, 0.05) is 32.2 Å². The van der Waals surface area contributed by atoms with E-state index in [-0.39, 0.29) is 11.4 Å². The first-order valence-electron chi connectivity index (χ1n) is 6.89. The summed E-state index contributed by atoms with van der Waals surface area (Å²) in [7, 11) is 4.31. The summed E-state index contributed by atoms with van der Waals surface area (Å²) in [5.41, 5.74) is -0.348. The molecule has 0 saturated carbocycles. The summed E-state index contributed by atoms with van der Waals surface area (Å²) in [4.78, 5) is 19.0. The minimum absolute atomic E-state index is 0.256. The van der Waals surface area contributed by atoms with Crippen molar-refractivity contribution >= 4 is 5.91 Å². The highest BCUT2D eigenvalue weighted by molar-refractivity contribution is 5.87. The average Bonchev–Trinajstić information content (AvgIpc) is 2.63. The highest BCUT2D eigenvalue weighted by atomic mass is 16.2. The normalized spacial score (nSPS) is 35.4. The number of nitrogens with one attached hydrogen (secondary N) is 1. The summed E-state index contributed by atoms with van der Waals surface area (Å²) < 4.78 is 0. The van der Waals surface area contributed by atoms with Crippen LogP contribution in [0.2, 0.25) is 0 Å². The molecule has 2 rings (SSSR count). The molecule has 2 fully saturated rings. The molecule has 2 saturated heterocycles. The van der Waals surface area contributed by atoms with E-state index in [4.69, 9.17) is 0 Å². The molecule has 2 heterocycles. The molecule has 0 bridgehead atoms. The fraction of sp³-hybridized carbons (Fsp3) is 0.923. The van der Waals surface area contributed by atoms with Crippen LogP contribution in [0.1, 0.15) is 20.3 Å². The highest BCUT2D eigenvalue weighted by Gasteiger charge is 2.41. The van der Waals surface area contributed by atoms with Gasteiger partial charge in [-0.2, -0.15) is 0 Å². The molecule has 2 aliphatic heterocycles. The van der Waals surface area contributed by atoms with Crippen molar-refractivity contribution in [3.05, 3.63) is 0 Å². The minimum atomic E-state index is -0.348. The van der Waals surface area contributed by atoms with Crippen molar-refractivity contribution in [1.82, 2.24) is 20.0 Å². The smallest absolute Gasteiger partial charge is 0.243 e. The van der Waals surface area contributed by atoms with Gasteiger partial charge < -0.3 is 9.80 Å². The SMILES string of the molecule is CCC1(C)NCN(CC2CN(C)CCN2C)C1=O. The highest BCUT2D eigenvalue weighted by Crippen LogP contribution is 2.20. The van der Waals surface area contributed by atoms with E-state index < -0.39 is 0 Å². The molecule has 5 heteroatoms. The number of likely N-dealkylation sites (N-methyl/N-ethyl adjacent to an activating group) is 2. The molecule has 5 nitrogen and oxygen atoms in total. The van der Waals surface area contributed by atoms with Crippen LogP contribution in [-0.2, 0) is 4.79 Å². The van der Waals surface area contributed by atoms with E-state index in [0.29, 0.717) is 12.7 Å². The summed E-state index contributed by atoms with van der Waals surface area (Å²) in [5, 5.41) is 3.34. The maximum Gasteiger partial charge on any atom is 0.243 e. The Morgan fingerprint density at radius 3 is 2.72 bits per heavy atom. The molecule has 2 aliphatic rings. The van der Waals surface area contributed by atoms with E-state index in [1.54, 1.807) is 0 Å². The second-order valence-corrected chi connectivity index (χ2v) is 5.94. The first-order valence-corrected chi connectivity index (χ1v) is 6.89. The maximum absolute atomic E-state index is 12.4. The van der Waals surface area contributed by atoms with Crippen molar-refractivity contribution in [3.8, 4) is 0 Å². The van der Waals surface area contributed by atoms with Crippen molar-refractivity contribution in [1.29, 1.82) is 0 Å². The summed E-state index contributed by atoms with van der Waals surface area (Å²) in [6.45, 7) is 8.84. The van der Waals surface area contributed by atoms with Gasteiger partial charge in [0.05, 0.1) is 12.2 Å². The lowest BCUT2D eigenvalue weighted by Crippen LogP contribution is -2.55. The first-order chi connectivity index (χ1) is 8.46. The van der Waals surface area contributed by atoms with Gasteiger partial charge in [-0.25, -0.2) is 0 Å². The molecule has 2 atom stereocenters. The molecule has 0 aromatic rings. The van der Waals surface area contributed by atoms with Crippen molar-refractivity contribution in [3.63, 3.8) is 0 Å². The summed E-state index contributed by atoms with van der Waals surface area (Å²) in [6.07, 6.45) is 0.850. The van der Waals surface area contributed by atoms with E-state index in [0.717, 1.165) is 32.6 Å². The van der Waals surface area contributed by atoms with Gasteiger partial charge in [0.2, 0.25) is 5.91 Å². The van der Waals surface area contributed by atoms with Crippen molar-refractivity contribution in [2.75, 3.05) is 46.9 Å². The quantitative estimate of drug-likeness (QED) is 0.756. The zero-order valence-electron chi connectivity index (χ0n) is 12.1. The van der Waals surface area contributed by atoms with E-state index in [9.17, 15) is 4.79 Å². The molecule has 2 unspecified atom stereocenters. The van der Waals surface area contributed by atoms with Crippen molar-refractivity contribution in [2.45, 2.75) is 31.8 Å². The minimum Gasteiger partial charge on any atom is -0.327 e. The third-order valence-electron chi connectivity index (χ3n) is 4.54. The molecular weight excluding hydrogens is 228 g/mol. The number of nitrogens with zero attached hydrogens (tertiary/aromatic N) is 3. The topological polar surface area (TPSA) is 38.8 Å². The van der Waals surface area contributed by atoms with Gasteiger partial charge in [-0.3, -0.25) is 15.0 Å². The number of hydrogen-bond donors (Lipinski definition) is 1. The zero-order valence-corrected chi connectivity index (χ0v) is 12.1. The van der Waals surface area contributed by atoms with E-state index in [1.807, 2.05) is 11.8 Å². The van der Waals surface area contributed by atoms with Crippen LogP contribution in [0.4, 0.5) is 0 Å². The monoisotopic (exact) mass is 254 g/mol. The third kappa shape index (κ3) is 2.53. The van der Waals surface area contributed by atoms with Crippen LogP contribution in [0.5, 0.6) is 0 Å². The number of carbonyl (C=O) groups excluding carboxylic acids is 1. The fourth-order valence-corrected chi connectivity index (χ4v) is 2.74. The molecule has 18 heavy (non-hydrogen) atoms. The third-order valence-corrected chi connectivity index (χ3v) is 4.54. The Bertz CT molecular complexity index is 322. The Balaban J connectivity index is 1.96. The van der Waals surface area contributed by atoms with E-state index in [1.165, 1.54) is 0 Å². The molecule has 1 amide bonds. The Labute approximate surface area is 110 Å². The number of hydrogen-bond acceptors (Lipinski definition) is 4. The Kier molecular flexibility index (Phi) is 3.94. The van der Waals surface area contributed by atoms with Gasteiger partial charge in [0.25, 0.3) is 0 Å². The van der Waals surface area contributed by atoms with Crippen LogP contribution in [0.15, 0.2) is 0 Å². The van der Waals surface area contributed by atoms with Gasteiger partial charge in [0.15, 0.2) is 0 Å². The van der Waals surface area contributed by atoms with Gasteiger partial charge in [0.1, 0.15) is 0 Å². The van der Waals surface area contributed by atoms with Crippen LogP contribution in [0, 0.1) is 0 Å². The number of carbonyl (C=O) groups is 1. The zero-order chi connectivity index (χ0) is 13.3. The van der Waals surface area contributed by atoms with Crippen LogP contribution < -0.4 is 5.32 Å². The standard InChI is InChI=1S/C13H26N4O/c1-5-13(2)12(18)17(10-14-13)9-11-8-15(3)6-7-16(11)4/h11,14H,5-10H2,1-4H3. The fourth-order valence-electron chi connectivity index (χ4n) is 2.74. The lowest BCUT2D eigenvalue weighted by Gasteiger charge is -2.39. The Hall–Kier alpha value is -0.650. The predicted molar refractivity (Wildman–Crippen MR) is 72.3 cm³/mol. The van der Waals surface area contributed by atoms with Crippen LogP contribution >= 0.6 is 0 Å². The van der Waals surface area contributed by atoms with Gasteiger partial charge in [-0.05, 0) is 27.4 Å². The first kappa shape index (κ1) is 13.8. The van der Waals surface area contributed by atoms with Crippen LogP contribution in [0.25, 0.3) is 0 Å². The molecule has 0 spiro atoms. The summed E-state index contributed by atoms with van der Waals surface area (Å²) >= 11 is 0.